The van der Waals surface area contributed by atoms with Gasteiger partial charge in [0.05, 0.1) is 18.3 Å². The topological polar surface area (TPSA) is 64.0 Å². The van der Waals surface area contributed by atoms with Crippen molar-refractivity contribution < 1.29 is 9.18 Å². The summed E-state index contributed by atoms with van der Waals surface area (Å²) in [7, 11) is 0. The lowest BCUT2D eigenvalue weighted by Gasteiger charge is -2.14. The molecular weight excluding hydrogens is 369 g/mol. The van der Waals surface area contributed by atoms with E-state index in [0.29, 0.717) is 5.69 Å². The average molecular weight is 393 g/mol. The number of hydrogen-bond acceptors (Lipinski definition) is 3. The molecule has 1 atom stereocenters. The van der Waals surface area contributed by atoms with Gasteiger partial charge in [0.25, 0.3) is 5.56 Å². The molecule has 150 valence electrons. The first kappa shape index (κ1) is 20.5. The molecule has 0 aliphatic rings. The number of aryl methyl sites for hydroxylation is 3. The van der Waals surface area contributed by atoms with Crippen LogP contribution >= 0.6 is 0 Å². The fourth-order valence-electron chi connectivity index (χ4n) is 3.02. The first-order valence-electron chi connectivity index (χ1n) is 9.54. The maximum Gasteiger partial charge on any atom is 0.266 e. The first-order valence-corrected chi connectivity index (χ1v) is 9.54. The Morgan fingerprint density at radius 1 is 1.07 bits per heavy atom. The summed E-state index contributed by atoms with van der Waals surface area (Å²) in [5.74, 6) is -0.520. The molecule has 0 radical (unpaired) electrons. The van der Waals surface area contributed by atoms with Crippen LogP contribution in [0.2, 0.25) is 0 Å². The van der Waals surface area contributed by atoms with Crippen molar-refractivity contribution in [2.24, 2.45) is 0 Å². The Balaban J connectivity index is 1.66. The number of aromatic nitrogens is 2. The van der Waals surface area contributed by atoms with Gasteiger partial charge >= 0.3 is 0 Å². The summed E-state index contributed by atoms with van der Waals surface area (Å²) in [5.41, 5.74) is 4.51. The molecule has 0 saturated heterocycles. The van der Waals surface area contributed by atoms with Gasteiger partial charge in [-0.25, -0.2) is 9.07 Å². The number of carbonyl (C=O) groups is 1. The summed E-state index contributed by atoms with van der Waals surface area (Å²) in [6.07, 6.45) is 0.120. The van der Waals surface area contributed by atoms with Gasteiger partial charge in [-0.2, -0.15) is 5.10 Å². The van der Waals surface area contributed by atoms with E-state index in [4.69, 9.17) is 0 Å². The lowest BCUT2D eigenvalue weighted by atomic mass is 10.0. The number of nitrogens with zero attached hydrogens (tertiary/aromatic N) is 2. The number of rotatable bonds is 6. The zero-order chi connectivity index (χ0) is 21.0. The quantitative estimate of drug-likeness (QED) is 0.690. The second-order valence-electron chi connectivity index (χ2n) is 7.17. The van der Waals surface area contributed by atoms with E-state index >= 15 is 0 Å². The van der Waals surface area contributed by atoms with Gasteiger partial charge in [-0.3, -0.25) is 9.59 Å². The van der Waals surface area contributed by atoms with E-state index in [1.54, 1.807) is 18.2 Å². The molecule has 5 nitrogen and oxygen atoms in total. The van der Waals surface area contributed by atoms with Crippen LogP contribution in [0.3, 0.4) is 0 Å². The normalized spacial score (nSPS) is 11.9. The van der Waals surface area contributed by atoms with E-state index in [1.165, 1.54) is 28.4 Å². The van der Waals surface area contributed by atoms with Gasteiger partial charge in [-0.15, -0.1) is 0 Å². The van der Waals surface area contributed by atoms with Crippen LogP contribution in [0.1, 0.15) is 36.1 Å². The molecule has 29 heavy (non-hydrogen) atoms. The summed E-state index contributed by atoms with van der Waals surface area (Å²) in [4.78, 5) is 24.4. The van der Waals surface area contributed by atoms with Gasteiger partial charge < -0.3 is 5.32 Å². The van der Waals surface area contributed by atoms with E-state index in [9.17, 15) is 14.0 Å². The third kappa shape index (κ3) is 5.16. The van der Waals surface area contributed by atoms with Crippen molar-refractivity contribution >= 4 is 5.91 Å². The lowest BCUT2D eigenvalue weighted by Crippen LogP contribution is -2.30. The summed E-state index contributed by atoms with van der Waals surface area (Å²) >= 11 is 0. The highest BCUT2D eigenvalue weighted by atomic mass is 19.1. The molecule has 1 unspecified atom stereocenters. The Kier molecular flexibility index (Phi) is 6.22. The van der Waals surface area contributed by atoms with E-state index in [2.05, 4.69) is 10.4 Å². The second-order valence-corrected chi connectivity index (χ2v) is 7.17. The summed E-state index contributed by atoms with van der Waals surface area (Å²) in [6, 6.07) is 14.9. The molecule has 1 aromatic heterocycles. The molecule has 1 N–H and O–H groups in total. The zero-order valence-electron chi connectivity index (χ0n) is 16.8. The summed E-state index contributed by atoms with van der Waals surface area (Å²) in [6.45, 7) is 6.08. The Morgan fingerprint density at radius 2 is 1.79 bits per heavy atom. The van der Waals surface area contributed by atoms with Crippen LogP contribution in [0.15, 0.2) is 59.4 Å². The molecule has 0 saturated carbocycles. The smallest absolute Gasteiger partial charge is 0.266 e. The van der Waals surface area contributed by atoms with E-state index in [0.717, 1.165) is 16.7 Å². The van der Waals surface area contributed by atoms with E-state index < -0.39 is 0 Å². The molecule has 1 heterocycles. The summed E-state index contributed by atoms with van der Waals surface area (Å²) in [5, 5.41) is 7.28. The van der Waals surface area contributed by atoms with Gasteiger partial charge in [0.15, 0.2) is 0 Å². The van der Waals surface area contributed by atoms with Crippen LogP contribution in [-0.4, -0.2) is 15.7 Å². The van der Waals surface area contributed by atoms with Crippen LogP contribution < -0.4 is 10.9 Å². The van der Waals surface area contributed by atoms with Crippen molar-refractivity contribution in [2.75, 3.05) is 0 Å². The molecule has 1 amide bonds. The number of hydrogen-bond donors (Lipinski definition) is 1. The highest BCUT2D eigenvalue weighted by Crippen LogP contribution is 2.19. The minimum Gasteiger partial charge on any atom is -0.350 e. The molecule has 0 fully saturated rings. The van der Waals surface area contributed by atoms with Crippen molar-refractivity contribution in [2.45, 2.75) is 39.8 Å². The maximum absolute atomic E-state index is 13.0. The molecular formula is C23H24FN3O2. The van der Waals surface area contributed by atoms with Crippen LogP contribution in [0.4, 0.5) is 4.39 Å². The Hall–Kier alpha value is -3.28. The molecule has 3 rings (SSSR count). The van der Waals surface area contributed by atoms with Gasteiger partial charge in [0.1, 0.15) is 5.82 Å². The fraction of sp³-hybridized carbons (Fsp3) is 0.261. The van der Waals surface area contributed by atoms with Crippen molar-refractivity contribution in [3.05, 3.63) is 87.5 Å². The van der Waals surface area contributed by atoms with Crippen LogP contribution in [0.5, 0.6) is 0 Å². The Labute approximate surface area is 169 Å². The molecule has 0 bridgehead atoms. The summed E-state index contributed by atoms with van der Waals surface area (Å²) < 4.78 is 14.3. The molecule has 6 heteroatoms. The van der Waals surface area contributed by atoms with E-state index in [1.807, 2.05) is 39.0 Å². The Bertz CT molecular complexity index is 1070. The average Bonchev–Trinajstić information content (AvgIpc) is 2.70. The van der Waals surface area contributed by atoms with Crippen molar-refractivity contribution in [3.8, 4) is 11.3 Å². The zero-order valence-corrected chi connectivity index (χ0v) is 16.8. The predicted molar refractivity (Wildman–Crippen MR) is 111 cm³/mol. The van der Waals surface area contributed by atoms with Crippen LogP contribution in [0.25, 0.3) is 11.3 Å². The highest BCUT2D eigenvalue weighted by molar-refractivity contribution is 5.76. The number of nitrogens with one attached hydrogen (secondary N) is 1. The second kappa shape index (κ2) is 8.82. The molecule has 2 aromatic carbocycles. The fourth-order valence-corrected chi connectivity index (χ4v) is 3.02. The minimum atomic E-state index is -0.318. The van der Waals surface area contributed by atoms with Gasteiger partial charge in [0.2, 0.25) is 5.91 Å². The lowest BCUT2D eigenvalue weighted by molar-refractivity contribution is -0.122. The molecule has 0 spiro atoms. The molecule has 3 aromatic rings. The van der Waals surface area contributed by atoms with Gasteiger partial charge in [-0.05, 0) is 61.7 Å². The van der Waals surface area contributed by atoms with Crippen LogP contribution in [-0.2, 0) is 11.3 Å². The number of carbonyl (C=O) groups excluding carboxylic acids is 1. The third-order valence-electron chi connectivity index (χ3n) is 4.97. The SMILES string of the molecule is Cc1ccc(-c2ccc(=O)n(CCC(=O)NC(C)c3ccc(F)cc3)n2)cc1C. The molecule has 0 aliphatic carbocycles. The van der Waals surface area contributed by atoms with Crippen molar-refractivity contribution in [1.82, 2.24) is 15.1 Å². The monoisotopic (exact) mass is 393 g/mol. The predicted octanol–water partition coefficient (Wildman–Crippen LogP) is 3.93. The number of halogens is 1. The Morgan fingerprint density at radius 3 is 2.48 bits per heavy atom. The number of amides is 1. The third-order valence-corrected chi connectivity index (χ3v) is 4.97. The van der Waals surface area contributed by atoms with Gasteiger partial charge in [-0.1, -0.05) is 24.3 Å². The largest absolute Gasteiger partial charge is 0.350 e. The van der Waals surface area contributed by atoms with Crippen molar-refractivity contribution in [1.29, 1.82) is 0 Å². The van der Waals surface area contributed by atoms with Gasteiger partial charge in [0, 0.05) is 18.1 Å². The minimum absolute atomic E-state index is 0.120. The number of benzene rings is 2. The van der Waals surface area contributed by atoms with Crippen LogP contribution in [0, 0.1) is 19.7 Å². The maximum atomic E-state index is 13.0. The van der Waals surface area contributed by atoms with Crippen molar-refractivity contribution in [3.63, 3.8) is 0 Å². The highest BCUT2D eigenvalue weighted by Gasteiger charge is 2.11. The first-order chi connectivity index (χ1) is 13.8. The standard InChI is InChI=1S/C23H24FN3O2/c1-15-4-5-19(14-16(15)2)21-10-11-23(29)27(26-21)13-12-22(28)25-17(3)18-6-8-20(24)9-7-18/h4-11,14,17H,12-13H2,1-3H3,(H,25,28). The molecule has 0 aliphatic heterocycles. The van der Waals surface area contributed by atoms with E-state index in [-0.39, 0.29) is 36.3 Å².